The number of ether oxygens (including phenoxy) is 1. The van der Waals surface area contributed by atoms with Crippen molar-refractivity contribution in [1.82, 2.24) is 5.06 Å². The van der Waals surface area contributed by atoms with Crippen LogP contribution in [-0.4, -0.2) is 49.9 Å². The summed E-state index contributed by atoms with van der Waals surface area (Å²) in [7, 11) is 1.64. The van der Waals surface area contributed by atoms with Gasteiger partial charge < -0.3 is 15.3 Å². The minimum absolute atomic E-state index is 0.00440. The Balaban J connectivity index is 1.50. The summed E-state index contributed by atoms with van der Waals surface area (Å²) in [5.41, 5.74) is 6.19. The zero-order valence-corrected chi connectivity index (χ0v) is 13.1. The molecule has 1 aromatic rings. The van der Waals surface area contributed by atoms with E-state index in [1.54, 1.807) is 19.2 Å². The molecule has 0 spiro atoms. The first kappa shape index (κ1) is 15.3. The van der Waals surface area contributed by atoms with E-state index in [0.717, 1.165) is 13.1 Å². The molecule has 2 unspecified atom stereocenters. The Hall–Kier alpha value is -2.19. The number of hydrogen-bond acceptors (Lipinski definition) is 5. The Morgan fingerprint density at radius 2 is 2.04 bits per heavy atom. The van der Waals surface area contributed by atoms with Crippen LogP contribution >= 0.6 is 0 Å². The zero-order chi connectivity index (χ0) is 17.0. The number of hydrogen-bond donors (Lipinski definition) is 1. The van der Waals surface area contributed by atoms with Gasteiger partial charge in [0.15, 0.2) is 6.10 Å². The summed E-state index contributed by atoms with van der Waals surface area (Å²) in [5, 5.41) is 1.89. The van der Waals surface area contributed by atoms with Gasteiger partial charge in [0.25, 0.3) is 5.91 Å². The Bertz CT molecular complexity index is 701. The second-order valence-corrected chi connectivity index (χ2v) is 6.47. The van der Waals surface area contributed by atoms with Crippen molar-refractivity contribution in [2.75, 3.05) is 31.6 Å². The first-order valence-electron chi connectivity index (χ1n) is 7.85. The number of hydroxylamine groups is 2. The fourth-order valence-electron chi connectivity index (χ4n) is 3.87. The number of amides is 2. The summed E-state index contributed by atoms with van der Waals surface area (Å²) in [6.07, 6.45) is -1.69. The number of carbonyl (C=O) groups is 2. The molecule has 0 radical (unpaired) electrons. The molecule has 0 aromatic heterocycles. The van der Waals surface area contributed by atoms with Crippen molar-refractivity contribution in [1.29, 1.82) is 0 Å². The molecule has 2 aliphatic heterocycles. The summed E-state index contributed by atoms with van der Waals surface area (Å²) in [6.45, 7) is 1.63. The topological polar surface area (TPSA) is 85.1 Å². The Morgan fingerprint density at radius 3 is 2.58 bits per heavy atom. The van der Waals surface area contributed by atoms with Gasteiger partial charge in [0.2, 0.25) is 0 Å². The fourth-order valence-corrected chi connectivity index (χ4v) is 3.87. The predicted octanol–water partition coefficient (Wildman–Crippen LogP) is 0.843. The van der Waals surface area contributed by atoms with Crippen molar-refractivity contribution in [2.24, 2.45) is 17.6 Å². The lowest BCUT2D eigenvalue weighted by Crippen LogP contribution is -2.32. The molecule has 2 N–H and O–H groups in total. The van der Waals surface area contributed by atoms with Gasteiger partial charge in [-0.2, -0.15) is 5.06 Å². The number of primary amides is 1. The highest BCUT2D eigenvalue weighted by atomic mass is 19.1. The van der Waals surface area contributed by atoms with E-state index in [1.807, 2.05) is 5.06 Å². The quantitative estimate of drug-likeness (QED) is 0.881. The monoisotopic (exact) mass is 335 g/mol. The molecule has 1 aromatic carbocycles. The van der Waals surface area contributed by atoms with E-state index >= 15 is 0 Å². The molecule has 1 saturated carbocycles. The van der Waals surface area contributed by atoms with Gasteiger partial charge in [0, 0.05) is 13.1 Å². The Labute approximate surface area is 138 Å². The van der Waals surface area contributed by atoms with Crippen molar-refractivity contribution in [3.05, 3.63) is 29.6 Å². The summed E-state index contributed by atoms with van der Waals surface area (Å²) >= 11 is 0. The maximum Gasteiger partial charge on any atom is 0.415 e. The summed E-state index contributed by atoms with van der Waals surface area (Å²) < 4.78 is 19.4. The number of anilines is 1. The number of fused-ring (bicyclic) bond motifs is 1. The molecule has 3 atom stereocenters. The average Bonchev–Trinajstić information content (AvgIpc) is 2.90. The van der Waals surface area contributed by atoms with Crippen LogP contribution in [0.15, 0.2) is 18.2 Å². The van der Waals surface area contributed by atoms with Crippen molar-refractivity contribution < 1.29 is 23.6 Å². The van der Waals surface area contributed by atoms with Gasteiger partial charge in [0.1, 0.15) is 5.82 Å². The molecule has 4 rings (SSSR count). The maximum absolute atomic E-state index is 14.5. The van der Waals surface area contributed by atoms with Gasteiger partial charge in [-0.3, -0.25) is 9.69 Å². The van der Waals surface area contributed by atoms with Crippen LogP contribution in [0.25, 0.3) is 0 Å². The van der Waals surface area contributed by atoms with Crippen LogP contribution in [0.3, 0.4) is 0 Å². The minimum Gasteiger partial charge on any atom is -0.434 e. The molecule has 0 bridgehead atoms. The van der Waals surface area contributed by atoms with Crippen LogP contribution in [-0.2, 0) is 14.4 Å². The van der Waals surface area contributed by atoms with Gasteiger partial charge in [0.05, 0.1) is 19.3 Å². The van der Waals surface area contributed by atoms with Crippen LogP contribution in [0.4, 0.5) is 14.9 Å². The highest BCUT2D eigenvalue weighted by molar-refractivity contribution is 5.95. The van der Waals surface area contributed by atoms with E-state index in [0.29, 0.717) is 23.1 Å². The number of nitrogens with zero attached hydrogens (tertiary/aromatic N) is 2. The van der Waals surface area contributed by atoms with E-state index in [2.05, 4.69) is 0 Å². The first-order chi connectivity index (χ1) is 11.5. The summed E-state index contributed by atoms with van der Waals surface area (Å²) in [5.74, 6) is -0.0143. The molecule has 128 valence electrons. The van der Waals surface area contributed by atoms with Gasteiger partial charge in [-0.1, -0.05) is 6.07 Å². The van der Waals surface area contributed by atoms with Crippen molar-refractivity contribution in [2.45, 2.75) is 12.0 Å². The lowest BCUT2D eigenvalue weighted by atomic mass is 10.1. The summed E-state index contributed by atoms with van der Waals surface area (Å²) in [4.78, 5) is 29.4. The molecule has 2 amide bonds. The van der Waals surface area contributed by atoms with E-state index in [9.17, 15) is 14.0 Å². The largest absolute Gasteiger partial charge is 0.434 e. The van der Waals surface area contributed by atoms with Crippen LogP contribution in [0.2, 0.25) is 0 Å². The molecule has 1 aliphatic carbocycles. The molecule has 3 fully saturated rings. The normalized spacial score (nSPS) is 31.9. The molecule has 2 heterocycles. The number of halogens is 1. The molecule has 2 saturated heterocycles. The smallest absolute Gasteiger partial charge is 0.415 e. The lowest BCUT2D eigenvalue weighted by molar-refractivity contribution is -0.124. The van der Waals surface area contributed by atoms with Gasteiger partial charge in [-0.25, -0.2) is 9.18 Å². The van der Waals surface area contributed by atoms with Crippen LogP contribution < -0.4 is 10.6 Å². The second-order valence-electron chi connectivity index (χ2n) is 6.47. The maximum atomic E-state index is 14.5. The van der Waals surface area contributed by atoms with Crippen LogP contribution in [0, 0.1) is 17.7 Å². The SMILES string of the molecule is CON1CC2C(C1)C2c1ccc(N2C[C@H](C(N)=O)OC2=O)cc1F. The van der Waals surface area contributed by atoms with Crippen LogP contribution in [0.1, 0.15) is 11.5 Å². The minimum atomic E-state index is -0.997. The van der Waals surface area contributed by atoms with E-state index < -0.39 is 18.1 Å². The predicted molar refractivity (Wildman–Crippen MR) is 81.5 cm³/mol. The number of nitrogens with two attached hydrogens (primary N) is 1. The molecule has 7 nitrogen and oxygen atoms in total. The van der Waals surface area contributed by atoms with Crippen molar-refractivity contribution in [3.63, 3.8) is 0 Å². The molecular formula is C16H18FN3O4. The number of piperidine rings is 1. The van der Waals surface area contributed by atoms with E-state index in [1.165, 1.54) is 11.0 Å². The standard InChI is InChI=1S/C16H18FN3O4/c1-23-19-5-10-11(6-19)14(10)9-3-2-8(4-12(9)17)20-7-13(15(18)21)24-16(20)22/h2-4,10-11,13-14H,5-7H2,1H3,(H2,18,21)/t10?,11?,13-,14?/m1/s1. The average molecular weight is 335 g/mol. The zero-order valence-electron chi connectivity index (χ0n) is 13.1. The van der Waals surface area contributed by atoms with Crippen LogP contribution in [0.5, 0.6) is 0 Å². The second kappa shape index (κ2) is 5.42. The lowest BCUT2D eigenvalue weighted by Gasteiger charge is -2.17. The fraction of sp³-hybridized carbons (Fsp3) is 0.500. The van der Waals surface area contributed by atoms with Gasteiger partial charge in [-0.05, 0) is 35.4 Å². The van der Waals surface area contributed by atoms with E-state index in [-0.39, 0.29) is 18.3 Å². The molecule has 24 heavy (non-hydrogen) atoms. The van der Waals surface area contributed by atoms with Crippen molar-refractivity contribution in [3.8, 4) is 0 Å². The van der Waals surface area contributed by atoms with Crippen molar-refractivity contribution >= 4 is 17.7 Å². The number of cyclic esters (lactones) is 1. The molecule has 8 heteroatoms. The number of rotatable bonds is 4. The molecular weight excluding hydrogens is 317 g/mol. The third kappa shape index (κ3) is 2.33. The Morgan fingerprint density at radius 1 is 1.33 bits per heavy atom. The third-order valence-electron chi connectivity index (χ3n) is 5.20. The van der Waals surface area contributed by atoms with E-state index in [4.69, 9.17) is 15.3 Å². The highest BCUT2D eigenvalue weighted by Gasteiger charge is 2.57. The highest BCUT2D eigenvalue weighted by Crippen LogP contribution is 2.58. The number of benzene rings is 1. The van der Waals surface area contributed by atoms with Gasteiger partial charge in [-0.15, -0.1) is 0 Å². The summed E-state index contributed by atoms with van der Waals surface area (Å²) in [6, 6.07) is 4.73. The first-order valence-corrected chi connectivity index (χ1v) is 7.85. The van der Waals surface area contributed by atoms with Gasteiger partial charge >= 0.3 is 6.09 Å². The molecule has 3 aliphatic rings. The Kier molecular flexibility index (Phi) is 3.47. The number of carbonyl (C=O) groups excluding carboxylic acids is 2. The third-order valence-corrected chi connectivity index (χ3v) is 5.20.